The fraction of sp³-hybridized carbons (Fsp3) is 0.333. The Bertz CT molecular complexity index is 615. The molecule has 0 bridgehead atoms. The third kappa shape index (κ3) is 2.96. The summed E-state index contributed by atoms with van der Waals surface area (Å²) in [7, 11) is 0. The molecule has 20 heavy (non-hydrogen) atoms. The number of hydrogen-bond acceptors (Lipinski definition) is 2. The normalized spacial score (nSPS) is 10.8. The van der Waals surface area contributed by atoms with E-state index in [0.29, 0.717) is 11.5 Å². The summed E-state index contributed by atoms with van der Waals surface area (Å²) in [6.45, 7) is 6.21. The molecule has 0 amide bonds. The molecule has 0 radical (unpaired) electrons. The van der Waals surface area contributed by atoms with Crippen LogP contribution in [0.25, 0.3) is 0 Å². The van der Waals surface area contributed by atoms with Crippen LogP contribution < -0.4 is 0 Å². The lowest BCUT2D eigenvalue weighted by atomic mass is 9.92. The molecule has 0 aliphatic carbocycles. The number of hydrogen-bond donors (Lipinski definition) is 2. The van der Waals surface area contributed by atoms with Crippen molar-refractivity contribution in [2.75, 3.05) is 0 Å². The van der Waals surface area contributed by atoms with Crippen LogP contribution in [0.4, 0.5) is 0 Å². The highest BCUT2D eigenvalue weighted by Crippen LogP contribution is 2.28. The van der Waals surface area contributed by atoms with Crippen molar-refractivity contribution in [1.82, 2.24) is 0 Å². The van der Waals surface area contributed by atoms with Crippen molar-refractivity contribution in [3.63, 3.8) is 0 Å². The standard InChI is InChI=1S/C18H22O2/c1-4-5-17-13(3)15(7-9-18(17)20)11-14-6-8-16(19)10-12(14)2/h6-10,19-20H,4-5,11H2,1-3H3. The van der Waals surface area contributed by atoms with Gasteiger partial charge in [-0.2, -0.15) is 0 Å². The third-order valence-electron chi connectivity index (χ3n) is 3.89. The summed E-state index contributed by atoms with van der Waals surface area (Å²) in [4.78, 5) is 0. The molecular weight excluding hydrogens is 248 g/mol. The molecule has 0 atom stereocenters. The minimum absolute atomic E-state index is 0.306. The number of aryl methyl sites for hydroxylation is 1. The van der Waals surface area contributed by atoms with Crippen molar-refractivity contribution in [1.29, 1.82) is 0 Å². The molecule has 0 aliphatic heterocycles. The van der Waals surface area contributed by atoms with Crippen LogP contribution in [0.1, 0.15) is 41.2 Å². The maximum Gasteiger partial charge on any atom is 0.119 e. The highest BCUT2D eigenvalue weighted by molar-refractivity contribution is 5.46. The summed E-state index contributed by atoms with van der Waals surface area (Å²) in [6, 6.07) is 9.28. The summed E-state index contributed by atoms with van der Waals surface area (Å²) < 4.78 is 0. The molecule has 0 spiro atoms. The van der Waals surface area contributed by atoms with Gasteiger partial charge in [0.05, 0.1) is 0 Å². The van der Waals surface area contributed by atoms with Crippen LogP contribution in [0.3, 0.4) is 0 Å². The molecule has 2 aromatic rings. The summed E-state index contributed by atoms with van der Waals surface area (Å²) in [5.74, 6) is 0.705. The van der Waals surface area contributed by atoms with Gasteiger partial charge in [-0.15, -0.1) is 0 Å². The van der Waals surface area contributed by atoms with Crippen molar-refractivity contribution in [2.45, 2.75) is 40.0 Å². The zero-order chi connectivity index (χ0) is 14.7. The minimum Gasteiger partial charge on any atom is -0.508 e. The molecule has 0 saturated carbocycles. The predicted octanol–water partition coefficient (Wildman–Crippen LogP) is 4.26. The monoisotopic (exact) mass is 270 g/mol. The minimum atomic E-state index is 0.306. The molecule has 0 saturated heterocycles. The van der Waals surface area contributed by atoms with Gasteiger partial charge in [0.25, 0.3) is 0 Å². The number of rotatable bonds is 4. The van der Waals surface area contributed by atoms with Crippen molar-refractivity contribution in [2.24, 2.45) is 0 Å². The maximum atomic E-state index is 9.97. The first-order chi connectivity index (χ1) is 9.52. The molecule has 2 aromatic carbocycles. The second-order valence-corrected chi connectivity index (χ2v) is 5.38. The van der Waals surface area contributed by atoms with Crippen molar-refractivity contribution in [3.8, 4) is 11.5 Å². The quantitative estimate of drug-likeness (QED) is 0.871. The van der Waals surface area contributed by atoms with Crippen LogP contribution in [0, 0.1) is 13.8 Å². The van der Waals surface area contributed by atoms with Crippen LogP contribution in [0.2, 0.25) is 0 Å². The van der Waals surface area contributed by atoms with E-state index in [2.05, 4.69) is 13.8 Å². The Morgan fingerprint density at radius 1 is 0.950 bits per heavy atom. The zero-order valence-corrected chi connectivity index (χ0v) is 12.4. The Morgan fingerprint density at radius 2 is 1.65 bits per heavy atom. The molecular formula is C18H22O2. The first-order valence-electron chi connectivity index (χ1n) is 7.11. The molecule has 2 nitrogen and oxygen atoms in total. The molecule has 2 rings (SSSR count). The fourth-order valence-corrected chi connectivity index (χ4v) is 2.63. The van der Waals surface area contributed by atoms with Gasteiger partial charge in [0, 0.05) is 0 Å². The second-order valence-electron chi connectivity index (χ2n) is 5.38. The molecule has 106 valence electrons. The highest BCUT2D eigenvalue weighted by atomic mass is 16.3. The van der Waals surface area contributed by atoms with E-state index in [-0.39, 0.29) is 0 Å². The van der Waals surface area contributed by atoms with Gasteiger partial charge in [-0.25, -0.2) is 0 Å². The smallest absolute Gasteiger partial charge is 0.119 e. The topological polar surface area (TPSA) is 40.5 Å². The van der Waals surface area contributed by atoms with Crippen LogP contribution in [-0.4, -0.2) is 10.2 Å². The maximum absolute atomic E-state index is 9.97. The largest absolute Gasteiger partial charge is 0.508 e. The van der Waals surface area contributed by atoms with Gasteiger partial charge < -0.3 is 10.2 Å². The third-order valence-corrected chi connectivity index (χ3v) is 3.89. The lowest BCUT2D eigenvalue weighted by Crippen LogP contribution is -1.99. The van der Waals surface area contributed by atoms with Gasteiger partial charge in [0.15, 0.2) is 0 Å². The zero-order valence-electron chi connectivity index (χ0n) is 12.4. The Kier molecular flexibility index (Phi) is 4.33. The van der Waals surface area contributed by atoms with Crippen LogP contribution in [-0.2, 0) is 12.8 Å². The Morgan fingerprint density at radius 3 is 2.30 bits per heavy atom. The van der Waals surface area contributed by atoms with Gasteiger partial charge in [0.2, 0.25) is 0 Å². The molecule has 0 heterocycles. The van der Waals surface area contributed by atoms with Gasteiger partial charge in [0.1, 0.15) is 11.5 Å². The van der Waals surface area contributed by atoms with Crippen molar-refractivity contribution >= 4 is 0 Å². The van der Waals surface area contributed by atoms with E-state index in [1.165, 1.54) is 16.7 Å². The average Bonchev–Trinajstić information content (AvgIpc) is 2.40. The molecule has 0 fully saturated rings. The van der Waals surface area contributed by atoms with Gasteiger partial charge in [-0.3, -0.25) is 0 Å². The van der Waals surface area contributed by atoms with E-state index in [4.69, 9.17) is 0 Å². The molecule has 2 N–H and O–H groups in total. The van der Waals surface area contributed by atoms with Crippen LogP contribution in [0.5, 0.6) is 11.5 Å². The summed E-state index contributed by atoms with van der Waals surface area (Å²) >= 11 is 0. The second kappa shape index (κ2) is 6.00. The predicted molar refractivity (Wildman–Crippen MR) is 82.5 cm³/mol. The van der Waals surface area contributed by atoms with Crippen LogP contribution >= 0.6 is 0 Å². The van der Waals surface area contributed by atoms with Crippen molar-refractivity contribution in [3.05, 3.63) is 58.1 Å². The summed E-state index contributed by atoms with van der Waals surface area (Å²) in [5, 5.41) is 19.4. The van der Waals surface area contributed by atoms with Gasteiger partial charge in [-0.05, 0) is 72.7 Å². The number of phenols is 2. The first-order valence-corrected chi connectivity index (χ1v) is 7.11. The average molecular weight is 270 g/mol. The van der Waals surface area contributed by atoms with Crippen molar-refractivity contribution < 1.29 is 10.2 Å². The molecule has 0 unspecified atom stereocenters. The molecule has 0 aliphatic rings. The fourth-order valence-electron chi connectivity index (χ4n) is 2.63. The highest BCUT2D eigenvalue weighted by Gasteiger charge is 2.10. The molecule has 0 aromatic heterocycles. The van der Waals surface area contributed by atoms with E-state index in [0.717, 1.165) is 30.4 Å². The van der Waals surface area contributed by atoms with E-state index in [1.54, 1.807) is 18.2 Å². The Labute approximate surface area is 120 Å². The Balaban J connectivity index is 2.36. The Hall–Kier alpha value is -1.96. The number of benzene rings is 2. The van der Waals surface area contributed by atoms with Crippen LogP contribution in [0.15, 0.2) is 30.3 Å². The molecule has 2 heteroatoms. The lowest BCUT2D eigenvalue weighted by Gasteiger charge is -2.14. The first kappa shape index (κ1) is 14.4. The number of aromatic hydroxyl groups is 2. The van der Waals surface area contributed by atoms with E-state index in [9.17, 15) is 10.2 Å². The van der Waals surface area contributed by atoms with E-state index in [1.807, 2.05) is 19.1 Å². The van der Waals surface area contributed by atoms with Gasteiger partial charge in [-0.1, -0.05) is 25.5 Å². The van der Waals surface area contributed by atoms with Gasteiger partial charge >= 0.3 is 0 Å². The van der Waals surface area contributed by atoms with E-state index >= 15 is 0 Å². The SMILES string of the molecule is CCCc1c(O)ccc(Cc2ccc(O)cc2C)c1C. The summed E-state index contributed by atoms with van der Waals surface area (Å²) in [6.07, 6.45) is 2.76. The summed E-state index contributed by atoms with van der Waals surface area (Å²) in [5.41, 5.74) is 5.77. The van der Waals surface area contributed by atoms with E-state index < -0.39 is 0 Å². The lowest BCUT2D eigenvalue weighted by molar-refractivity contribution is 0.466. The number of phenolic OH excluding ortho intramolecular Hbond substituents is 2.